The van der Waals surface area contributed by atoms with Gasteiger partial charge < -0.3 is 15.0 Å². The highest BCUT2D eigenvalue weighted by molar-refractivity contribution is 5.88. The number of unbranched alkanes of at least 4 members (excludes halogenated alkanes) is 1. The number of hydrogen-bond donors (Lipinski definition) is 1. The van der Waals surface area contributed by atoms with Crippen LogP contribution in [0.3, 0.4) is 0 Å². The van der Waals surface area contributed by atoms with Gasteiger partial charge in [0, 0.05) is 13.1 Å². The van der Waals surface area contributed by atoms with Gasteiger partial charge in [-0.3, -0.25) is 9.59 Å². The van der Waals surface area contributed by atoms with Crippen LogP contribution in [0.4, 0.5) is 0 Å². The summed E-state index contributed by atoms with van der Waals surface area (Å²) in [5, 5.41) is 2.94. The Kier molecular flexibility index (Phi) is 9.10. The molecule has 1 N–H and O–H groups in total. The molecule has 0 aliphatic heterocycles. The van der Waals surface area contributed by atoms with Crippen molar-refractivity contribution >= 4 is 11.8 Å². The van der Waals surface area contributed by atoms with Crippen molar-refractivity contribution in [2.75, 3.05) is 13.2 Å². The van der Waals surface area contributed by atoms with Crippen molar-refractivity contribution in [3.05, 3.63) is 64.2 Å². The minimum absolute atomic E-state index is 0.109. The maximum absolute atomic E-state index is 13.2. The van der Waals surface area contributed by atoms with Crippen molar-refractivity contribution < 1.29 is 14.3 Å². The molecule has 0 saturated heterocycles. The summed E-state index contributed by atoms with van der Waals surface area (Å²) in [6.45, 7) is 12.8. The lowest BCUT2D eigenvalue weighted by molar-refractivity contribution is -0.142. The van der Waals surface area contributed by atoms with Crippen LogP contribution in [0.15, 0.2) is 36.4 Å². The highest BCUT2D eigenvalue weighted by atomic mass is 16.5. The van der Waals surface area contributed by atoms with Crippen LogP contribution < -0.4 is 10.1 Å². The lowest BCUT2D eigenvalue weighted by atomic mass is 10.1. The fraction of sp³-hybridized carbons (Fsp3) is 0.462. The first-order valence-electron chi connectivity index (χ1n) is 11.1. The lowest BCUT2D eigenvalue weighted by Crippen LogP contribution is -2.49. The summed E-state index contributed by atoms with van der Waals surface area (Å²) in [7, 11) is 0. The molecule has 2 aromatic rings. The quantitative estimate of drug-likeness (QED) is 0.566. The number of ether oxygens (including phenoxy) is 1. The van der Waals surface area contributed by atoms with Gasteiger partial charge in [0.2, 0.25) is 5.91 Å². The third kappa shape index (κ3) is 7.12. The third-order valence-corrected chi connectivity index (χ3v) is 5.59. The second-order valence-corrected chi connectivity index (χ2v) is 8.32. The van der Waals surface area contributed by atoms with Gasteiger partial charge in [0.1, 0.15) is 11.8 Å². The van der Waals surface area contributed by atoms with Gasteiger partial charge in [-0.05, 0) is 69.4 Å². The molecule has 0 aliphatic rings. The Bertz CT molecular complexity index is 890. The largest absolute Gasteiger partial charge is 0.483 e. The zero-order valence-electron chi connectivity index (χ0n) is 19.7. The minimum atomic E-state index is -0.588. The normalized spacial score (nSPS) is 11.7. The second kappa shape index (κ2) is 11.5. The van der Waals surface area contributed by atoms with Crippen LogP contribution in [-0.4, -0.2) is 35.9 Å². The average Bonchev–Trinajstić information content (AvgIpc) is 2.74. The summed E-state index contributed by atoms with van der Waals surface area (Å²) in [6, 6.07) is 11.5. The summed E-state index contributed by atoms with van der Waals surface area (Å²) in [5.41, 5.74) is 5.37. The van der Waals surface area contributed by atoms with Crippen LogP contribution in [0.25, 0.3) is 0 Å². The van der Waals surface area contributed by atoms with Crippen molar-refractivity contribution in [2.24, 2.45) is 0 Å². The lowest BCUT2D eigenvalue weighted by Gasteiger charge is -2.29. The highest BCUT2D eigenvalue weighted by Crippen LogP contribution is 2.23. The van der Waals surface area contributed by atoms with Gasteiger partial charge in [-0.15, -0.1) is 0 Å². The van der Waals surface area contributed by atoms with E-state index in [-0.39, 0.29) is 18.4 Å². The fourth-order valence-electron chi connectivity index (χ4n) is 3.38. The van der Waals surface area contributed by atoms with E-state index in [4.69, 9.17) is 4.74 Å². The Labute approximate surface area is 186 Å². The Balaban J connectivity index is 2.16. The predicted molar refractivity (Wildman–Crippen MR) is 125 cm³/mol. The van der Waals surface area contributed by atoms with Gasteiger partial charge in [-0.1, -0.05) is 49.2 Å². The number of carbonyl (C=O) groups excluding carboxylic acids is 2. The monoisotopic (exact) mass is 424 g/mol. The van der Waals surface area contributed by atoms with Crippen molar-refractivity contribution in [3.63, 3.8) is 0 Å². The van der Waals surface area contributed by atoms with Crippen molar-refractivity contribution in [1.82, 2.24) is 10.2 Å². The molecule has 0 radical (unpaired) electrons. The number of aryl methyl sites for hydroxylation is 3. The van der Waals surface area contributed by atoms with E-state index < -0.39 is 6.04 Å². The van der Waals surface area contributed by atoms with E-state index in [9.17, 15) is 9.59 Å². The van der Waals surface area contributed by atoms with Crippen LogP contribution >= 0.6 is 0 Å². The van der Waals surface area contributed by atoms with E-state index in [0.29, 0.717) is 18.8 Å². The number of amides is 2. The molecule has 5 nitrogen and oxygen atoms in total. The van der Waals surface area contributed by atoms with Crippen LogP contribution in [-0.2, 0) is 16.1 Å². The van der Waals surface area contributed by atoms with Crippen molar-refractivity contribution in [1.29, 1.82) is 0 Å². The predicted octanol–water partition coefficient (Wildman–Crippen LogP) is 4.63. The maximum Gasteiger partial charge on any atom is 0.261 e. The number of rotatable bonds is 10. The Morgan fingerprint density at radius 2 is 1.71 bits per heavy atom. The van der Waals surface area contributed by atoms with Crippen LogP contribution in [0.1, 0.15) is 54.5 Å². The molecule has 1 unspecified atom stereocenters. The molecule has 1 atom stereocenters. The number of hydrogen-bond acceptors (Lipinski definition) is 3. The van der Waals surface area contributed by atoms with Crippen molar-refractivity contribution in [2.45, 2.75) is 67.0 Å². The highest BCUT2D eigenvalue weighted by Gasteiger charge is 2.26. The second-order valence-electron chi connectivity index (χ2n) is 8.32. The first kappa shape index (κ1) is 24.4. The summed E-state index contributed by atoms with van der Waals surface area (Å²) >= 11 is 0. The molecule has 0 aliphatic carbocycles. The van der Waals surface area contributed by atoms with Crippen LogP contribution in [0, 0.1) is 27.7 Å². The van der Waals surface area contributed by atoms with Gasteiger partial charge in [0.05, 0.1) is 0 Å². The molecule has 31 heavy (non-hydrogen) atoms. The average molecular weight is 425 g/mol. The van der Waals surface area contributed by atoms with E-state index in [1.165, 1.54) is 0 Å². The summed E-state index contributed by atoms with van der Waals surface area (Å²) < 4.78 is 5.90. The van der Waals surface area contributed by atoms with E-state index in [1.54, 1.807) is 11.8 Å². The zero-order chi connectivity index (χ0) is 23.0. The zero-order valence-corrected chi connectivity index (χ0v) is 19.7. The SMILES string of the molecule is CCCCNC(=O)C(C)N(Cc1ccc(C)cc1)C(=O)COc1cc(C)cc(C)c1C. The number of carbonyl (C=O) groups is 2. The standard InChI is InChI=1S/C26H36N2O3/c1-7-8-13-27-26(30)22(6)28(16-23-11-9-18(2)10-12-23)25(29)17-31-24-15-19(3)14-20(4)21(24)5/h9-12,14-15,22H,7-8,13,16-17H2,1-6H3,(H,27,30). The van der Waals surface area contributed by atoms with Crippen LogP contribution in [0.5, 0.6) is 5.75 Å². The van der Waals surface area contributed by atoms with Gasteiger partial charge in [0.25, 0.3) is 5.91 Å². The van der Waals surface area contributed by atoms with Crippen molar-refractivity contribution in [3.8, 4) is 5.75 Å². The van der Waals surface area contributed by atoms with Gasteiger partial charge >= 0.3 is 0 Å². The van der Waals surface area contributed by atoms with Gasteiger partial charge in [0.15, 0.2) is 6.61 Å². The Morgan fingerprint density at radius 1 is 1.03 bits per heavy atom. The summed E-state index contributed by atoms with van der Waals surface area (Å²) in [5.74, 6) is 0.356. The first-order chi connectivity index (χ1) is 14.7. The number of nitrogens with one attached hydrogen (secondary N) is 1. The maximum atomic E-state index is 13.2. The minimum Gasteiger partial charge on any atom is -0.483 e. The molecule has 0 saturated carbocycles. The molecular formula is C26H36N2O3. The number of benzene rings is 2. The van der Waals surface area contributed by atoms with Crippen LogP contribution in [0.2, 0.25) is 0 Å². The topological polar surface area (TPSA) is 58.6 Å². The molecule has 2 rings (SSSR count). The fourth-order valence-corrected chi connectivity index (χ4v) is 3.38. The van der Waals surface area contributed by atoms with Gasteiger partial charge in [-0.25, -0.2) is 0 Å². The first-order valence-corrected chi connectivity index (χ1v) is 11.1. The van der Waals surface area contributed by atoms with E-state index >= 15 is 0 Å². The summed E-state index contributed by atoms with van der Waals surface area (Å²) in [6.07, 6.45) is 1.92. The smallest absolute Gasteiger partial charge is 0.261 e. The Morgan fingerprint density at radius 3 is 2.35 bits per heavy atom. The molecule has 168 valence electrons. The number of nitrogens with zero attached hydrogens (tertiary/aromatic N) is 1. The van der Waals surface area contributed by atoms with E-state index in [1.807, 2.05) is 58.0 Å². The molecule has 0 heterocycles. The third-order valence-electron chi connectivity index (χ3n) is 5.59. The molecule has 0 bridgehead atoms. The molecular weight excluding hydrogens is 388 g/mol. The molecule has 2 amide bonds. The Hall–Kier alpha value is -2.82. The molecule has 0 spiro atoms. The molecule has 2 aromatic carbocycles. The summed E-state index contributed by atoms with van der Waals surface area (Å²) in [4.78, 5) is 27.4. The van der Waals surface area contributed by atoms with E-state index in [0.717, 1.165) is 40.7 Å². The van der Waals surface area contributed by atoms with Gasteiger partial charge in [-0.2, -0.15) is 0 Å². The van der Waals surface area contributed by atoms with E-state index in [2.05, 4.69) is 18.3 Å². The molecule has 5 heteroatoms. The molecule has 0 fully saturated rings. The molecule has 0 aromatic heterocycles.